The van der Waals surface area contributed by atoms with Gasteiger partial charge in [-0.15, -0.1) is 5.10 Å². The Morgan fingerprint density at radius 3 is 2.45 bits per heavy atom. The van der Waals surface area contributed by atoms with Crippen LogP contribution < -0.4 is 5.73 Å². The molecule has 0 amide bonds. The van der Waals surface area contributed by atoms with Crippen LogP contribution in [0, 0.1) is 0 Å². The van der Waals surface area contributed by atoms with Gasteiger partial charge in [-0.1, -0.05) is 42.5 Å². The molecule has 0 radical (unpaired) electrons. The van der Waals surface area contributed by atoms with Gasteiger partial charge >= 0.3 is 6.09 Å². The third-order valence-electron chi connectivity index (χ3n) is 5.16. The number of nitrogens with zero attached hydrogens (tertiary/aromatic N) is 2. The molecule has 2 N–H and O–H groups in total. The Kier molecular flexibility index (Phi) is 4.91. The Hall–Kier alpha value is -3.08. The van der Waals surface area contributed by atoms with Crippen molar-refractivity contribution < 1.29 is 9.53 Å². The van der Waals surface area contributed by atoms with Crippen LogP contribution in [0.25, 0.3) is 27.6 Å². The maximum atomic E-state index is 12.6. The van der Waals surface area contributed by atoms with E-state index < -0.39 is 11.7 Å². The lowest BCUT2D eigenvalue weighted by Crippen LogP contribution is -2.27. The molecule has 0 saturated carbocycles. The Balaban J connectivity index is 1.73. The number of nitrogens with two attached hydrogens (primary N) is 1. The summed E-state index contributed by atoms with van der Waals surface area (Å²) in [4.78, 5) is 12.6. The molecule has 3 aromatic rings. The molecule has 4 rings (SSSR count). The lowest BCUT2D eigenvalue weighted by Gasteiger charge is -2.19. The van der Waals surface area contributed by atoms with Crippen molar-refractivity contribution in [2.24, 2.45) is 0 Å². The van der Waals surface area contributed by atoms with Crippen LogP contribution in [-0.2, 0) is 4.74 Å². The van der Waals surface area contributed by atoms with Crippen molar-refractivity contribution in [3.8, 4) is 11.1 Å². The Labute approximate surface area is 171 Å². The third-order valence-corrected chi connectivity index (χ3v) is 5.16. The van der Waals surface area contributed by atoms with Crippen LogP contribution in [0.5, 0.6) is 0 Å². The average molecular weight is 389 g/mol. The van der Waals surface area contributed by atoms with E-state index in [1.165, 1.54) is 28.7 Å². The van der Waals surface area contributed by atoms with E-state index in [9.17, 15) is 4.79 Å². The maximum Gasteiger partial charge on any atom is 0.435 e. The van der Waals surface area contributed by atoms with Gasteiger partial charge in [-0.3, -0.25) is 0 Å². The molecule has 0 saturated heterocycles. The normalized spacial score (nSPS) is 14.7. The summed E-state index contributed by atoms with van der Waals surface area (Å²) in [6.45, 7) is 5.48. The van der Waals surface area contributed by atoms with E-state index in [0.29, 0.717) is 11.3 Å². The van der Waals surface area contributed by atoms with Gasteiger partial charge in [0.25, 0.3) is 0 Å². The van der Waals surface area contributed by atoms with Crippen molar-refractivity contribution >= 4 is 28.4 Å². The first kappa shape index (κ1) is 19.2. The minimum Gasteiger partial charge on any atom is -0.442 e. The number of carbonyl (C=O) groups is 1. The first-order valence-corrected chi connectivity index (χ1v) is 10.1. The molecule has 0 bridgehead atoms. The van der Waals surface area contributed by atoms with Gasteiger partial charge in [0.05, 0.1) is 10.9 Å². The smallest absolute Gasteiger partial charge is 0.435 e. The number of allylic oxidation sites excluding steroid dienone is 2. The molecule has 0 aliphatic heterocycles. The zero-order valence-corrected chi connectivity index (χ0v) is 17.2. The summed E-state index contributed by atoms with van der Waals surface area (Å²) < 4.78 is 6.72. The van der Waals surface area contributed by atoms with Crippen molar-refractivity contribution in [3.63, 3.8) is 0 Å². The number of aromatic nitrogens is 2. The molecule has 29 heavy (non-hydrogen) atoms. The van der Waals surface area contributed by atoms with Gasteiger partial charge in [-0.05, 0) is 74.8 Å². The minimum atomic E-state index is -0.606. The molecule has 2 aromatic carbocycles. The number of benzene rings is 2. The summed E-state index contributed by atoms with van der Waals surface area (Å²) >= 11 is 0. The first-order valence-electron chi connectivity index (χ1n) is 10.1. The van der Waals surface area contributed by atoms with Crippen molar-refractivity contribution in [3.05, 3.63) is 54.1 Å². The Bertz CT molecular complexity index is 1090. The summed E-state index contributed by atoms with van der Waals surface area (Å²) in [6.07, 6.45) is 6.66. The number of fused-ring (bicyclic) bond motifs is 1. The SMILES string of the molecule is CC(C)(C)OC(=O)n1nc(N)c2c(-c3ccc(C4=CCCCC4)cc3)cccc21. The van der Waals surface area contributed by atoms with Gasteiger partial charge in [0.15, 0.2) is 5.82 Å². The molecule has 0 atom stereocenters. The topological polar surface area (TPSA) is 70.1 Å². The summed E-state index contributed by atoms with van der Waals surface area (Å²) in [5, 5.41) is 5.03. The second-order valence-corrected chi connectivity index (χ2v) is 8.53. The lowest BCUT2D eigenvalue weighted by molar-refractivity contribution is 0.0523. The van der Waals surface area contributed by atoms with Crippen LogP contribution in [0.4, 0.5) is 10.6 Å². The Morgan fingerprint density at radius 1 is 1.07 bits per heavy atom. The summed E-state index contributed by atoms with van der Waals surface area (Å²) in [5.41, 5.74) is 11.0. The largest absolute Gasteiger partial charge is 0.442 e. The number of hydrogen-bond donors (Lipinski definition) is 1. The molecule has 1 heterocycles. The molecule has 0 unspecified atom stereocenters. The fourth-order valence-electron chi connectivity index (χ4n) is 3.85. The maximum absolute atomic E-state index is 12.6. The van der Waals surface area contributed by atoms with Gasteiger partial charge < -0.3 is 10.5 Å². The molecule has 0 spiro atoms. The molecule has 0 fully saturated rings. The number of carbonyl (C=O) groups excluding carboxylic acids is 1. The van der Waals surface area contributed by atoms with Gasteiger partial charge in [0.2, 0.25) is 0 Å². The predicted octanol–water partition coefficient (Wildman–Crippen LogP) is 6.03. The standard InChI is InChI=1S/C24H27N3O2/c1-24(2,3)29-23(28)27-20-11-7-10-19(21(20)22(25)26-27)18-14-12-17(13-15-18)16-8-5-4-6-9-16/h7-8,10-15H,4-6,9H2,1-3H3,(H2,25,26). The van der Waals surface area contributed by atoms with E-state index in [1.54, 1.807) is 0 Å². The molecule has 150 valence electrons. The van der Waals surface area contributed by atoms with Gasteiger partial charge in [-0.25, -0.2) is 4.79 Å². The number of rotatable bonds is 2. The number of ether oxygens (including phenoxy) is 1. The van der Waals surface area contributed by atoms with E-state index in [0.717, 1.165) is 29.4 Å². The molecule has 1 aromatic heterocycles. The van der Waals surface area contributed by atoms with Crippen molar-refractivity contribution in [2.75, 3.05) is 5.73 Å². The van der Waals surface area contributed by atoms with E-state index in [2.05, 4.69) is 35.4 Å². The third kappa shape index (κ3) is 3.90. The van der Waals surface area contributed by atoms with Gasteiger partial charge in [0, 0.05) is 0 Å². The summed E-state index contributed by atoms with van der Waals surface area (Å²) in [7, 11) is 0. The summed E-state index contributed by atoms with van der Waals surface area (Å²) in [6, 6.07) is 14.3. The fraction of sp³-hybridized carbons (Fsp3) is 0.333. The van der Waals surface area contributed by atoms with Crippen LogP contribution in [0.2, 0.25) is 0 Å². The minimum absolute atomic E-state index is 0.320. The molecule has 5 heteroatoms. The van der Waals surface area contributed by atoms with E-state index in [1.807, 2.05) is 39.0 Å². The zero-order chi connectivity index (χ0) is 20.6. The lowest BCUT2D eigenvalue weighted by atomic mass is 9.92. The van der Waals surface area contributed by atoms with Crippen LogP contribution in [0.15, 0.2) is 48.5 Å². The molecule has 1 aliphatic carbocycles. The molecule has 5 nitrogen and oxygen atoms in total. The predicted molar refractivity (Wildman–Crippen MR) is 118 cm³/mol. The second-order valence-electron chi connectivity index (χ2n) is 8.53. The highest BCUT2D eigenvalue weighted by atomic mass is 16.6. The molecule has 1 aliphatic rings. The average Bonchev–Trinajstić information content (AvgIpc) is 3.05. The van der Waals surface area contributed by atoms with Crippen LogP contribution in [0.3, 0.4) is 0 Å². The number of anilines is 1. The van der Waals surface area contributed by atoms with E-state index >= 15 is 0 Å². The number of hydrogen-bond acceptors (Lipinski definition) is 4. The van der Waals surface area contributed by atoms with Crippen LogP contribution >= 0.6 is 0 Å². The fourth-order valence-corrected chi connectivity index (χ4v) is 3.85. The van der Waals surface area contributed by atoms with E-state index in [4.69, 9.17) is 10.5 Å². The quantitative estimate of drug-likeness (QED) is 0.581. The molecular formula is C24H27N3O2. The molecular weight excluding hydrogens is 362 g/mol. The first-order chi connectivity index (χ1) is 13.8. The number of nitrogen functional groups attached to an aromatic ring is 1. The van der Waals surface area contributed by atoms with E-state index in [-0.39, 0.29) is 0 Å². The monoisotopic (exact) mass is 389 g/mol. The van der Waals surface area contributed by atoms with Gasteiger partial charge in [0.1, 0.15) is 5.60 Å². The van der Waals surface area contributed by atoms with Crippen molar-refractivity contribution in [1.82, 2.24) is 9.78 Å². The van der Waals surface area contributed by atoms with Crippen LogP contribution in [-0.4, -0.2) is 21.5 Å². The zero-order valence-electron chi connectivity index (χ0n) is 17.2. The Morgan fingerprint density at radius 2 is 1.79 bits per heavy atom. The van der Waals surface area contributed by atoms with Gasteiger partial charge in [-0.2, -0.15) is 4.68 Å². The van der Waals surface area contributed by atoms with Crippen molar-refractivity contribution in [1.29, 1.82) is 0 Å². The highest BCUT2D eigenvalue weighted by Gasteiger charge is 2.22. The second kappa shape index (κ2) is 7.39. The highest BCUT2D eigenvalue weighted by molar-refractivity contribution is 6.04. The van der Waals surface area contributed by atoms with Crippen molar-refractivity contribution in [2.45, 2.75) is 52.1 Å². The van der Waals surface area contributed by atoms with Crippen LogP contribution in [0.1, 0.15) is 52.0 Å². The summed E-state index contributed by atoms with van der Waals surface area (Å²) in [5.74, 6) is 0.320. The highest BCUT2D eigenvalue weighted by Crippen LogP contribution is 2.34.